The lowest BCUT2D eigenvalue weighted by Gasteiger charge is -2.24. The number of esters is 1. The van der Waals surface area contributed by atoms with Crippen molar-refractivity contribution in [1.82, 2.24) is 0 Å². The van der Waals surface area contributed by atoms with Crippen molar-refractivity contribution in [3.8, 4) is 5.75 Å². The van der Waals surface area contributed by atoms with Crippen LogP contribution in [0.5, 0.6) is 5.75 Å². The first-order valence-electron chi connectivity index (χ1n) is 6.80. The van der Waals surface area contributed by atoms with Crippen LogP contribution in [0.25, 0.3) is 0 Å². The number of hydrogen-bond donors (Lipinski definition) is 1. The minimum Gasteiger partial charge on any atom is -0.507 e. The van der Waals surface area contributed by atoms with E-state index in [4.69, 9.17) is 4.74 Å². The van der Waals surface area contributed by atoms with Crippen molar-refractivity contribution >= 4 is 15.8 Å². The molecule has 0 aliphatic rings. The average Bonchev–Trinajstić information content (AvgIpc) is 2.45. The van der Waals surface area contributed by atoms with E-state index in [1.807, 2.05) is 0 Å². The molecule has 0 aliphatic carbocycles. The Morgan fingerprint density at radius 1 is 1.17 bits per heavy atom. The molecule has 0 spiro atoms. The molecule has 1 aromatic carbocycles. The summed E-state index contributed by atoms with van der Waals surface area (Å²) in [5, 5.41) is 4.26. The first-order chi connectivity index (χ1) is 10.9. The zero-order valence-corrected chi connectivity index (χ0v) is 13.5. The number of hydrogen-bond acceptors (Lipinski definition) is 5. The summed E-state index contributed by atoms with van der Waals surface area (Å²) in [4.78, 5) is 11.6. The molecule has 24 heavy (non-hydrogen) atoms. The first kappa shape index (κ1) is 20.2. The number of rotatable bonds is 8. The number of benzene rings is 1. The van der Waals surface area contributed by atoms with Crippen LogP contribution in [-0.4, -0.2) is 43.5 Å². The lowest BCUT2D eigenvalue weighted by Crippen LogP contribution is -2.46. The summed E-state index contributed by atoms with van der Waals surface area (Å²) in [7, 11) is -5.25. The van der Waals surface area contributed by atoms with Crippen molar-refractivity contribution in [1.29, 1.82) is 0 Å². The number of alkyl halides is 4. The van der Waals surface area contributed by atoms with Gasteiger partial charge in [0.05, 0.1) is 6.61 Å². The Morgan fingerprint density at radius 3 is 2.29 bits per heavy atom. The van der Waals surface area contributed by atoms with Gasteiger partial charge < -0.3 is 9.84 Å². The lowest BCUT2D eigenvalue weighted by molar-refractivity contribution is -0.161. The molecule has 0 aromatic heterocycles. The molecular weight excluding hydrogens is 356 g/mol. The third kappa shape index (κ3) is 4.59. The fraction of sp³-hybridized carbons (Fsp3) is 0.500. The highest BCUT2D eigenvalue weighted by molar-refractivity contribution is 7.91. The number of halogens is 4. The zero-order valence-electron chi connectivity index (χ0n) is 12.6. The Bertz CT molecular complexity index is 688. The van der Waals surface area contributed by atoms with Crippen LogP contribution in [0.1, 0.15) is 29.6 Å². The fourth-order valence-corrected chi connectivity index (χ4v) is 2.40. The second-order valence-corrected chi connectivity index (χ2v) is 7.16. The molecule has 0 bridgehead atoms. The van der Waals surface area contributed by atoms with Gasteiger partial charge in [-0.2, -0.15) is 17.6 Å². The van der Waals surface area contributed by atoms with E-state index in [2.05, 4.69) is 0 Å². The number of phenols is 1. The van der Waals surface area contributed by atoms with Crippen LogP contribution in [0.3, 0.4) is 0 Å². The van der Waals surface area contributed by atoms with Crippen LogP contribution < -0.4 is 0 Å². The molecule has 1 rings (SSSR count). The van der Waals surface area contributed by atoms with Gasteiger partial charge in [-0.15, -0.1) is 0 Å². The topological polar surface area (TPSA) is 80.7 Å². The van der Waals surface area contributed by atoms with Crippen molar-refractivity contribution in [2.45, 2.75) is 30.4 Å². The van der Waals surface area contributed by atoms with Gasteiger partial charge in [0.15, 0.2) is 0 Å². The number of para-hydroxylation sites is 1. The largest absolute Gasteiger partial charge is 0.507 e. The summed E-state index contributed by atoms with van der Waals surface area (Å²) in [6.07, 6.45) is -1.99. The van der Waals surface area contributed by atoms with Gasteiger partial charge >= 0.3 is 17.1 Å². The highest BCUT2D eigenvalue weighted by Crippen LogP contribution is 2.41. The molecule has 1 N–H and O–H groups in total. The van der Waals surface area contributed by atoms with Gasteiger partial charge in [-0.3, -0.25) is 0 Å². The van der Waals surface area contributed by atoms with E-state index in [-0.39, 0.29) is 30.6 Å². The Balaban J connectivity index is 2.47. The standard InChI is InChI=1S/C14H16F4O5S/c1-24(21,22)14(17,18)13(15,16)8-4-5-9-23-12(20)10-6-2-3-7-11(10)19/h2-3,6-7,19H,4-5,8-9H2,1H3. The molecule has 5 nitrogen and oxygen atoms in total. The first-order valence-corrected chi connectivity index (χ1v) is 8.69. The highest BCUT2D eigenvalue weighted by Gasteiger charge is 2.62. The second-order valence-electron chi connectivity index (χ2n) is 5.10. The van der Waals surface area contributed by atoms with Gasteiger partial charge in [0, 0.05) is 12.7 Å². The monoisotopic (exact) mass is 372 g/mol. The van der Waals surface area contributed by atoms with Gasteiger partial charge in [0.2, 0.25) is 9.84 Å². The van der Waals surface area contributed by atoms with Crippen LogP contribution in [0.4, 0.5) is 17.6 Å². The second kappa shape index (κ2) is 7.37. The lowest BCUT2D eigenvalue weighted by atomic mass is 10.1. The number of aromatic hydroxyl groups is 1. The van der Waals surface area contributed by atoms with Gasteiger partial charge in [-0.1, -0.05) is 12.1 Å². The van der Waals surface area contributed by atoms with E-state index in [9.17, 15) is 35.9 Å². The summed E-state index contributed by atoms with van der Waals surface area (Å²) in [5.41, 5.74) is -0.119. The predicted octanol–water partition coefficient (Wildman–Crippen LogP) is 2.99. The molecule has 10 heteroatoms. The maximum atomic E-state index is 13.3. The molecule has 136 valence electrons. The Morgan fingerprint density at radius 2 is 1.75 bits per heavy atom. The molecule has 0 saturated carbocycles. The number of carbonyl (C=O) groups is 1. The molecule has 0 heterocycles. The normalized spacial score (nSPS) is 12.9. The Hall–Kier alpha value is -1.84. The van der Waals surface area contributed by atoms with Crippen LogP contribution >= 0.6 is 0 Å². The Kier molecular flexibility index (Phi) is 6.20. The van der Waals surface area contributed by atoms with Crippen LogP contribution in [0.2, 0.25) is 0 Å². The van der Waals surface area contributed by atoms with E-state index < -0.39 is 39.8 Å². The van der Waals surface area contributed by atoms with Gasteiger partial charge in [-0.05, 0) is 25.0 Å². The molecule has 1 aromatic rings. The third-order valence-corrected chi connectivity index (χ3v) is 4.36. The fourth-order valence-electron chi connectivity index (χ4n) is 1.75. The van der Waals surface area contributed by atoms with Gasteiger partial charge in [-0.25, -0.2) is 13.2 Å². The molecule has 0 radical (unpaired) electrons. The molecular formula is C14H16F4O5S. The summed E-state index contributed by atoms with van der Waals surface area (Å²) >= 11 is 0. The summed E-state index contributed by atoms with van der Waals surface area (Å²) in [6.45, 7) is -0.340. The average molecular weight is 372 g/mol. The number of ether oxygens (including phenoxy) is 1. The van der Waals surface area contributed by atoms with Crippen molar-refractivity contribution in [3.05, 3.63) is 29.8 Å². The minimum absolute atomic E-state index is 0.0367. The summed E-state index contributed by atoms with van der Waals surface area (Å²) in [6, 6.07) is 5.50. The van der Waals surface area contributed by atoms with Gasteiger partial charge in [0.1, 0.15) is 11.3 Å². The maximum Gasteiger partial charge on any atom is 0.406 e. The smallest absolute Gasteiger partial charge is 0.406 e. The molecule has 0 amide bonds. The van der Waals surface area contributed by atoms with Crippen molar-refractivity contribution in [2.75, 3.05) is 12.9 Å². The summed E-state index contributed by atoms with van der Waals surface area (Å²) in [5.74, 6) is -5.93. The van der Waals surface area contributed by atoms with Crippen molar-refractivity contribution < 1.29 is 40.6 Å². The highest BCUT2D eigenvalue weighted by atomic mass is 32.2. The minimum atomic E-state index is -5.25. The number of phenolic OH excluding ortho intramolecular Hbond substituents is 1. The number of sulfone groups is 1. The van der Waals surface area contributed by atoms with Crippen molar-refractivity contribution in [3.63, 3.8) is 0 Å². The molecule has 0 atom stereocenters. The summed E-state index contributed by atoms with van der Waals surface area (Å²) < 4.78 is 79.2. The van der Waals surface area contributed by atoms with Crippen molar-refractivity contribution in [2.24, 2.45) is 0 Å². The van der Waals surface area contributed by atoms with Crippen LogP contribution in [0.15, 0.2) is 24.3 Å². The number of unbranched alkanes of at least 4 members (excludes halogenated alkanes) is 1. The quantitative estimate of drug-likeness (QED) is 0.431. The molecule has 0 aliphatic heterocycles. The van der Waals surface area contributed by atoms with E-state index in [0.29, 0.717) is 0 Å². The SMILES string of the molecule is CS(=O)(=O)C(F)(F)C(F)(F)CCCCOC(=O)c1ccccc1O. The Labute approximate surface area is 136 Å². The van der Waals surface area contributed by atoms with E-state index in [1.165, 1.54) is 24.3 Å². The molecule has 0 fully saturated rings. The number of carbonyl (C=O) groups excluding carboxylic acids is 1. The van der Waals surface area contributed by atoms with E-state index in [0.717, 1.165) is 0 Å². The maximum absolute atomic E-state index is 13.3. The third-order valence-electron chi connectivity index (χ3n) is 3.13. The van der Waals surface area contributed by atoms with Gasteiger partial charge in [0.25, 0.3) is 0 Å². The van der Waals surface area contributed by atoms with Crippen LogP contribution in [-0.2, 0) is 14.6 Å². The van der Waals surface area contributed by atoms with E-state index in [1.54, 1.807) is 0 Å². The molecule has 0 unspecified atom stereocenters. The predicted molar refractivity (Wildman–Crippen MR) is 77.0 cm³/mol. The van der Waals surface area contributed by atoms with E-state index >= 15 is 0 Å². The zero-order chi connectivity index (χ0) is 18.6. The molecule has 0 saturated heterocycles. The van der Waals surface area contributed by atoms with Crippen LogP contribution in [0, 0.1) is 0 Å².